The average Bonchev–Trinajstić information content (AvgIpc) is 3.07. The van der Waals surface area contributed by atoms with Crippen LogP contribution in [0.5, 0.6) is 0 Å². The predicted molar refractivity (Wildman–Crippen MR) is 87.1 cm³/mol. The standard InChI is InChI=1S/C18H19N3O/c1-18(2)6-5-13-16(9-18)20-21-17(13)15-8-12-4-3-11(10-22)7-14(12)19-15/h3-4,7-8,10,19H,5-6,9H2,1-2H3,(H,20,21). The second-order valence-electron chi connectivity index (χ2n) is 7.02. The van der Waals surface area contributed by atoms with Gasteiger partial charge in [-0.15, -0.1) is 0 Å². The number of carbonyl (C=O) groups excluding carboxylic acids is 1. The minimum Gasteiger partial charge on any atom is -0.353 e. The highest BCUT2D eigenvalue weighted by atomic mass is 16.1. The molecule has 2 N–H and O–H groups in total. The van der Waals surface area contributed by atoms with Crippen molar-refractivity contribution >= 4 is 17.2 Å². The largest absolute Gasteiger partial charge is 0.353 e. The van der Waals surface area contributed by atoms with Gasteiger partial charge in [0, 0.05) is 27.7 Å². The zero-order valence-corrected chi connectivity index (χ0v) is 12.9. The van der Waals surface area contributed by atoms with Crippen molar-refractivity contribution in [1.82, 2.24) is 15.2 Å². The lowest BCUT2D eigenvalue weighted by molar-refractivity contribution is 0.112. The lowest BCUT2D eigenvalue weighted by atomic mass is 9.76. The molecule has 0 amide bonds. The van der Waals surface area contributed by atoms with Crippen LogP contribution in [0, 0.1) is 5.41 Å². The van der Waals surface area contributed by atoms with E-state index in [2.05, 4.69) is 35.1 Å². The number of carbonyl (C=O) groups is 1. The quantitative estimate of drug-likeness (QED) is 0.704. The topological polar surface area (TPSA) is 61.5 Å². The molecule has 22 heavy (non-hydrogen) atoms. The van der Waals surface area contributed by atoms with Crippen molar-refractivity contribution in [2.45, 2.75) is 33.1 Å². The highest BCUT2D eigenvalue weighted by Crippen LogP contribution is 2.38. The van der Waals surface area contributed by atoms with E-state index in [4.69, 9.17) is 0 Å². The predicted octanol–water partition coefficient (Wildman–Crippen LogP) is 3.89. The summed E-state index contributed by atoms with van der Waals surface area (Å²) in [6.07, 6.45) is 4.16. The Balaban J connectivity index is 1.80. The fourth-order valence-electron chi connectivity index (χ4n) is 3.42. The summed E-state index contributed by atoms with van der Waals surface area (Å²) in [7, 11) is 0. The van der Waals surface area contributed by atoms with Crippen molar-refractivity contribution in [1.29, 1.82) is 0 Å². The number of nitrogens with zero attached hydrogens (tertiary/aromatic N) is 1. The number of hydrogen-bond acceptors (Lipinski definition) is 2. The molecule has 0 fully saturated rings. The molecule has 1 aliphatic rings. The maximum atomic E-state index is 10.9. The highest BCUT2D eigenvalue weighted by Gasteiger charge is 2.29. The Morgan fingerprint density at radius 1 is 1.27 bits per heavy atom. The molecule has 0 radical (unpaired) electrons. The molecule has 0 aliphatic heterocycles. The number of fused-ring (bicyclic) bond motifs is 2. The molecule has 0 saturated carbocycles. The zero-order chi connectivity index (χ0) is 15.3. The van der Waals surface area contributed by atoms with Gasteiger partial charge < -0.3 is 4.98 Å². The van der Waals surface area contributed by atoms with Gasteiger partial charge in [-0.2, -0.15) is 5.10 Å². The van der Waals surface area contributed by atoms with E-state index >= 15 is 0 Å². The fraction of sp³-hybridized carbons (Fsp3) is 0.333. The molecular weight excluding hydrogens is 274 g/mol. The molecule has 0 bridgehead atoms. The Kier molecular flexibility index (Phi) is 2.76. The van der Waals surface area contributed by atoms with Gasteiger partial charge in [0.1, 0.15) is 12.0 Å². The number of hydrogen-bond donors (Lipinski definition) is 2. The van der Waals surface area contributed by atoms with Crippen LogP contribution in [-0.2, 0) is 12.8 Å². The van der Waals surface area contributed by atoms with E-state index in [0.29, 0.717) is 11.0 Å². The van der Waals surface area contributed by atoms with Crippen LogP contribution < -0.4 is 0 Å². The first kappa shape index (κ1) is 13.3. The van der Waals surface area contributed by atoms with E-state index < -0.39 is 0 Å². The van der Waals surface area contributed by atoms with Crippen LogP contribution in [0.25, 0.3) is 22.3 Å². The monoisotopic (exact) mass is 293 g/mol. The molecule has 4 heteroatoms. The van der Waals surface area contributed by atoms with Crippen LogP contribution in [0.2, 0.25) is 0 Å². The minimum absolute atomic E-state index is 0.343. The third-order valence-electron chi connectivity index (χ3n) is 4.70. The van der Waals surface area contributed by atoms with Crippen molar-refractivity contribution in [2.75, 3.05) is 0 Å². The second-order valence-corrected chi connectivity index (χ2v) is 7.02. The van der Waals surface area contributed by atoms with Crippen LogP contribution in [0.4, 0.5) is 0 Å². The van der Waals surface area contributed by atoms with Gasteiger partial charge >= 0.3 is 0 Å². The molecular formula is C18H19N3O. The third kappa shape index (κ3) is 2.06. The maximum Gasteiger partial charge on any atom is 0.150 e. The second kappa shape index (κ2) is 4.57. The number of H-pyrrole nitrogens is 2. The Bertz CT molecular complexity index is 870. The molecule has 3 aromatic rings. The average molecular weight is 293 g/mol. The summed E-state index contributed by atoms with van der Waals surface area (Å²) in [5.41, 5.74) is 6.65. The first-order chi connectivity index (χ1) is 10.6. The van der Waals surface area contributed by atoms with Crippen LogP contribution in [0.15, 0.2) is 24.3 Å². The molecule has 2 aromatic heterocycles. The summed E-state index contributed by atoms with van der Waals surface area (Å²) in [5.74, 6) is 0. The molecule has 0 atom stereocenters. The summed E-state index contributed by atoms with van der Waals surface area (Å²) in [6, 6.07) is 7.81. The Morgan fingerprint density at radius 2 is 2.14 bits per heavy atom. The van der Waals surface area contributed by atoms with Gasteiger partial charge in [-0.05, 0) is 36.8 Å². The SMILES string of the molecule is CC1(C)CCc2c(-c3cc4ccc(C=O)cc4[nH]3)n[nH]c2C1. The summed E-state index contributed by atoms with van der Waals surface area (Å²) in [4.78, 5) is 14.3. The van der Waals surface area contributed by atoms with Crippen molar-refractivity contribution < 1.29 is 4.79 Å². The number of nitrogens with one attached hydrogen (secondary N) is 2. The van der Waals surface area contributed by atoms with Crippen molar-refractivity contribution in [2.24, 2.45) is 5.41 Å². The molecule has 1 aromatic carbocycles. The number of aldehydes is 1. The lowest BCUT2D eigenvalue weighted by Gasteiger charge is -2.28. The van der Waals surface area contributed by atoms with Gasteiger partial charge in [-0.25, -0.2) is 0 Å². The van der Waals surface area contributed by atoms with Crippen LogP contribution in [-0.4, -0.2) is 21.5 Å². The van der Waals surface area contributed by atoms with Gasteiger partial charge in [0.2, 0.25) is 0 Å². The molecule has 0 unspecified atom stereocenters. The molecule has 4 rings (SSSR count). The number of aromatic nitrogens is 3. The summed E-state index contributed by atoms with van der Waals surface area (Å²) >= 11 is 0. The molecule has 2 heterocycles. The van der Waals surface area contributed by atoms with Crippen molar-refractivity contribution in [3.8, 4) is 11.4 Å². The summed E-state index contributed by atoms with van der Waals surface area (Å²) in [5, 5.41) is 8.87. The summed E-state index contributed by atoms with van der Waals surface area (Å²) in [6.45, 7) is 4.61. The lowest BCUT2D eigenvalue weighted by Crippen LogP contribution is -2.21. The Labute approximate surface area is 128 Å². The van der Waals surface area contributed by atoms with Crippen LogP contribution in [0.3, 0.4) is 0 Å². The van der Waals surface area contributed by atoms with E-state index in [-0.39, 0.29) is 0 Å². The number of aromatic amines is 2. The number of rotatable bonds is 2. The third-order valence-corrected chi connectivity index (χ3v) is 4.70. The number of benzene rings is 1. The zero-order valence-electron chi connectivity index (χ0n) is 12.9. The maximum absolute atomic E-state index is 10.9. The van der Waals surface area contributed by atoms with E-state index in [1.165, 1.54) is 17.7 Å². The molecule has 4 nitrogen and oxygen atoms in total. The van der Waals surface area contributed by atoms with Crippen LogP contribution >= 0.6 is 0 Å². The van der Waals surface area contributed by atoms with Gasteiger partial charge in [-0.1, -0.05) is 26.0 Å². The Morgan fingerprint density at radius 3 is 2.95 bits per heavy atom. The molecule has 1 aliphatic carbocycles. The van der Waals surface area contributed by atoms with Crippen molar-refractivity contribution in [3.05, 3.63) is 41.1 Å². The first-order valence-corrected chi connectivity index (χ1v) is 7.70. The van der Waals surface area contributed by atoms with Gasteiger partial charge in [0.25, 0.3) is 0 Å². The Hall–Kier alpha value is -2.36. The van der Waals surface area contributed by atoms with Gasteiger partial charge in [0.05, 0.1) is 5.69 Å². The van der Waals surface area contributed by atoms with Crippen molar-refractivity contribution in [3.63, 3.8) is 0 Å². The normalized spacial score (nSPS) is 16.6. The van der Waals surface area contributed by atoms with E-state index in [1.54, 1.807) is 0 Å². The van der Waals surface area contributed by atoms with Crippen LogP contribution in [0.1, 0.15) is 41.9 Å². The van der Waals surface area contributed by atoms with E-state index in [1.807, 2.05) is 18.2 Å². The van der Waals surface area contributed by atoms with E-state index in [9.17, 15) is 4.79 Å². The summed E-state index contributed by atoms with van der Waals surface area (Å²) < 4.78 is 0. The van der Waals surface area contributed by atoms with Gasteiger partial charge in [-0.3, -0.25) is 9.89 Å². The van der Waals surface area contributed by atoms with Gasteiger partial charge in [0.15, 0.2) is 0 Å². The molecule has 0 spiro atoms. The molecule has 112 valence electrons. The minimum atomic E-state index is 0.343. The first-order valence-electron chi connectivity index (χ1n) is 7.70. The van der Waals surface area contributed by atoms with E-state index in [0.717, 1.165) is 41.4 Å². The highest BCUT2D eigenvalue weighted by molar-refractivity contribution is 5.90. The molecule has 0 saturated heterocycles. The smallest absolute Gasteiger partial charge is 0.150 e. The fourth-order valence-corrected chi connectivity index (χ4v) is 3.42.